The standard InChI is InChI=1S/C19H27N7OS/c1-13-20-15(12-17(21-13)22-19-24-23-14(2)28-19)16-8-5-6-11-26(16)18(27)9-7-10-25(3)4/h7,9,12,16H,5-6,8,10-11H2,1-4H3,(H,20,21,22,24)/b9-7+. The van der Waals surface area contributed by atoms with Crippen LogP contribution in [0.5, 0.6) is 0 Å². The summed E-state index contributed by atoms with van der Waals surface area (Å²) in [6.45, 7) is 5.27. The largest absolute Gasteiger partial charge is 0.331 e. The van der Waals surface area contributed by atoms with E-state index in [0.29, 0.717) is 16.8 Å². The molecule has 1 amide bonds. The number of nitrogens with one attached hydrogen (secondary N) is 1. The number of likely N-dealkylation sites (N-methyl/N-ethyl adjacent to an activating group) is 1. The molecule has 1 saturated heterocycles. The minimum atomic E-state index is -0.0383. The number of amides is 1. The molecule has 0 saturated carbocycles. The van der Waals surface area contributed by atoms with Gasteiger partial charge in [-0.3, -0.25) is 4.79 Å². The Labute approximate surface area is 169 Å². The summed E-state index contributed by atoms with van der Waals surface area (Å²) in [5.41, 5.74) is 0.866. The molecule has 2 aromatic heterocycles. The first-order chi connectivity index (χ1) is 13.4. The SMILES string of the molecule is Cc1nc(Nc2nnc(C)s2)cc(C2CCCCN2C(=O)/C=C/CN(C)C)n1. The highest BCUT2D eigenvalue weighted by Crippen LogP contribution is 2.31. The number of carbonyl (C=O) groups is 1. The Bertz CT molecular complexity index is 849. The highest BCUT2D eigenvalue weighted by Gasteiger charge is 2.28. The zero-order chi connectivity index (χ0) is 20.1. The van der Waals surface area contributed by atoms with Crippen LogP contribution in [0.25, 0.3) is 0 Å². The van der Waals surface area contributed by atoms with Crippen LogP contribution in [-0.2, 0) is 4.79 Å². The van der Waals surface area contributed by atoms with E-state index < -0.39 is 0 Å². The van der Waals surface area contributed by atoms with Gasteiger partial charge in [-0.2, -0.15) is 0 Å². The molecule has 0 bridgehead atoms. The third-order valence-corrected chi connectivity index (χ3v) is 5.23. The summed E-state index contributed by atoms with van der Waals surface area (Å²) in [5.74, 6) is 1.39. The van der Waals surface area contributed by atoms with Gasteiger partial charge in [0.1, 0.15) is 16.6 Å². The average Bonchev–Trinajstić information content (AvgIpc) is 3.05. The van der Waals surface area contributed by atoms with Gasteiger partial charge in [0.25, 0.3) is 0 Å². The first-order valence-electron chi connectivity index (χ1n) is 9.47. The number of hydrogen-bond donors (Lipinski definition) is 1. The van der Waals surface area contributed by atoms with Crippen LogP contribution in [0.1, 0.15) is 41.8 Å². The zero-order valence-corrected chi connectivity index (χ0v) is 17.7. The molecule has 2 aromatic rings. The summed E-state index contributed by atoms with van der Waals surface area (Å²) < 4.78 is 0. The highest BCUT2D eigenvalue weighted by atomic mass is 32.1. The van der Waals surface area contributed by atoms with Crippen molar-refractivity contribution in [3.8, 4) is 0 Å². The number of likely N-dealkylation sites (tertiary alicyclic amines) is 1. The molecule has 1 aliphatic heterocycles. The van der Waals surface area contributed by atoms with E-state index in [4.69, 9.17) is 0 Å². The molecule has 1 fully saturated rings. The Morgan fingerprint density at radius 3 is 2.86 bits per heavy atom. The summed E-state index contributed by atoms with van der Waals surface area (Å²) >= 11 is 1.48. The minimum absolute atomic E-state index is 0.0383. The van der Waals surface area contributed by atoms with Gasteiger partial charge in [-0.1, -0.05) is 17.4 Å². The fourth-order valence-corrected chi connectivity index (χ4v) is 3.84. The Morgan fingerprint density at radius 1 is 1.32 bits per heavy atom. The van der Waals surface area contributed by atoms with Crippen molar-refractivity contribution in [2.75, 3.05) is 32.5 Å². The predicted octanol–water partition coefficient (Wildman–Crippen LogP) is 2.86. The molecule has 9 heteroatoms. The molecule has 1 unspecified atom stereocenters. The number of piperidine rings is 1. The molecule has 1 N–H and O–H groups in total. The molecular formula is C19H27N7OS. The van der Waals surface area contributed by atoms with E-state index in [1.807, 2.05) is 49.9 Å². The summed E-state index contributed by atoms with van der Waals surface area (Å²) in [7, 11) is 3.96. The van der Waals surface area contributed by atoms with E-state index in [1.165, 1.54) is 11.3 Å². The molecule has 1 aliphatic rings. The summed E-state index contributed by atoms with van der Waals surface area (Å²) in [4.78, 5) is 25.8. The second kappa shape index (κ2) is 9.20. The van der Waals surface area contributed by atoms with Gasteiger partial charge >= 0.3 is 0 Å². The lowest BCUT2D eigenvalue weighted by atomic mass is 9.98. The quantitative estimate of drug-likeness (QED) is 0.745. The number of aryl methyl sites for hydroxylation is 2. The molecule has 28 heavy (non-hydrogen) atoms. The number of rotatable bonds is 6. The lowest BCUT2D eigenvalue weighted by molar-refractivity contribution is -0.129. The Hall–Kier alpha value is -2.39. The Morgan fingerprint density at radius 2 is 2.14 bits per heavy atom. The van der Waals surface area contributed by atoms with Crippen LogP contribution in [-0.4, -0.2) is 63.1 Å². The van der Waals surface area contributed by atoms with Gasteiger partial charge in [0.2, 0.25) is 11.0 Å². The number of nitrogens with zero attached hydrogens (tertiary/aromatic N) is 6. The van der Waals surface area contributed by atoms with Gasteiger partial charge < -0.3 is 15.1 Å². The van der Waals surface area contributed by atoms with Crippen molar-refractivity contribution in [2.45, 2.75) is 39.2 Å². The van der Waals surface area contributed by atoms with Crippen LogP contribution in [0.2, 0.25) is 0 Å². The Kier molecular flexibility index (Phi) is 6.69. The number of hydrogen-bond acceptors (Lipinski definition) is 8. The fraction of sp³-hybridized carbons (Fsp3) is 0.526. The van der Waals surface area contributed by atoms with E-state index in [9.17, 15) is 4.79 Å². The van der Waals surface area contributed by atoms with Crippen molar-refractivity contribution in [1.82, 2.24) is 30.0 Å². The summed E-state index contributed by atoms with van der Waals surface area (Å²) in [5, 5.41) is 12.9. The van der Waals surface area contributed by atoms with Gasteiger partial charge in [-0.15, -0.1) is 10.2 Å². The topological polar surface area (TPSA) is 87.1 Å². The van der Waals surface area contributed by atoms with Crippen molar-refractivity contribution in [2.24, 2.45) is 0 Å². The van der Waals surface area contributed by atoms with Crippen molar-refractivity contribution in [1.29, 1.82) is 0 Å². The van der Waals surface area contributed by atoms with Crippen LogP contribution >= 0.6 is 11.3 Å². The van der Waals surface area contributed by atoms with Crippen molar-refractivity contribution < 1.29 is 4.79 Å². The van der Waals surface area contributed by atoms with Crippen LogP contribution in [0.4, 0.5) is 10.9 Å². The van der Waals surface area contributed by atoms with Gasteiger partial charge in [-0.05, 0) is 47.2 Å². The van der Waals surface area contributed by atoms with E-state index in [2.05, 4.69) is 25.5 Å². The second-order valence-corrected chi connectivity index (χ2v) is 8.37. The highest BCUT2D eigenvalue weighted by molar-refractivity contribution is 7.15. The van der Waals surface area contributed by atoms with Gasteiger partial charge in [-0.25, -0.2) is 9.97 Å². The summed E-state index contributed by atoms with van der Waals surface area (Å²) in [6.07, 6.45) is 6.58. The lowest BCUT2D eigenvalue weighted by Gasteiger charge is -2.35. The van der Waals surface area contributed by atoms with E-state index >= 15 is 0 Å². The predicted molar refractivity (Wildman–Crippen MR) is 111 cm³/mol. The molecule has 1 atom stereocenters. The lowest BCUT2D eigenvalue weighted by Crippen LogP contribution is -2.38. The molecule has 150 valence electrons. The van der Waals surface area contributed by atoms with Gasteiger partial charge in [0.05, 0.1) is 11.7 Å². The smallest absolute Gasteiger partial charge is 0.246 e. The third kappa shape index (κ3) is 5.32. The minimum Gasteiger partial charge on any atom is -0.331 e. The molecule has 8 nitrogen and oxygen atoms in total. The van der Waals surface area contributed by atoms with E-state index in [1.54, 1.807) is 6.08 Å². The maximum absolute atomic E-state index is 12.8. The van der Waals surface area contributed by atoms with Crippen molar-refractivity contribution in [3.05, 3.63) is 34.7 Å². The molecule has 0 radical (unpaired) electrons. The maximum Gasteiger partial charge on any atom is 0.246 e. The number of anilines is 2. The average molecular weight is 402 g/mol. The van der Waals surface area contributed by atoms with Crippen LogP contribution in [0.15, 0.2) is 18.2 Å². The van der Waals surface area contributed by atoms with E-state index in [0.717, 1.165) is 43.1 Å². The number of aromatic nitrogens is 4. The Balaban J connectivity index is 1.80. The van der Waals surface area contributed by atoms with Crippen LogP contribution in [0, 0.1) is 13.8 Å². The zero-order valence-electron chi connectivity index (χ0n) is 16.8. The van der Waals surface area contributed by atoms with Crippen LogP contribution < -0.4 is 5.32 Å². The molecular weight excluding hydrogens is 374 g/mol. The van der Waals surface area contributed by atoms with Crippen LogP contribution in [0.3, 0.4) is 0 Å². The molecule has 0 aromatic carbocycles. The molecule has 3 rings (SSSR count). The fourth-order valence-electron chi connectivity index (χ4n) is 3.25. The molecule has 3 heterocycles. The van der Waals surface area contributed by atoms with Gasteiger partial charge in [0, 0.05) is 25.2 Å². The van der Waals surface area contributed by atoms with Gasteiger partial charge in [0.15, 0.2) is 0 Å². The second-order valence-electron chi connectivity index (χ2n) is 7.18. The van der Waals surface area contributed by atoms with Crippen molar-refractivity contribution >= 4 is 28.2 Å². The maximum atomic E-state index is 12.8. The monoisotopic (exact) mass is 401 g/mol. The van der Waals surface area contributed by atoms with Crippen molar-refractivity contribution in [3.63, 3.8) is 0 Å². The summed E-state index contributed by atoms with van der Waals surface area (Å²) in [6, 6.07) is 1.88. The number of carbonyl (C=O) groups excluding carboxylic acids is 1. The molecule has 0 spiro atoms. The van der Waals surface area contributed by atoms with E-state index in [-0.39, 0.29) is 11.9 Å². The first-order valence-corrected chi connectivity index (χ1v) is 10.3. The normalized spacial score (nSPS) is 17.5. The molecule has 0 aliphatic carbocycles. The first kappa shape index (κ1) is 20.3. The third-order valence-electron chi connectivity index (χ3n) is 4.48.